The molecule has 2 aromatic rings. The van der Waals surface area contributed by atoms with Gasteiger partial charge in [-0.3, -0.25) is 0 Å². The maximum absolute atomic E-state index is 13.0. The van der Waals surface area contributed by atoms with Crippen LogP contribution in [0, 0.1) is 12.8 Å². The van der Waals surface area contributed by atoms with Gasteiger partial charge in [0.25, 0.3) is 0 Å². The van der Waals surface area contributed by atoms with E-state index < -0.39 is 10.0 Å². The Morgan fingerprint density at radius 3 is 2.41 bits per heavy atom. The Kier molecular flexibility index (Phi) is 6.55. The van der Waals surface area contributed by atoms with Crippen molar-refractivity contribution in [2.75, 3.05) is 19.7 Å². The molecule has 3 rings (SSSR count). The van der Waals surface area contributed by atoms with Crippen LogP contribution < -0.4 is 4.74 Å². The Balaban J connectivity index is 1.63. The molecule has 0 aromatic heterocycles. The van der Waals surface area contributed by atoms with Gasteiger partial charge in [-0.15, -0.1) is 0 Å². The van der Waals surface area contributed by atoms with E-state index in [0.717, 1.165) is 37.0 Å². The summed E-state index contributed by atoms with van der Waals surface area (Å²) in [5.41, 5.74) is 2.19. The molecule has 1 fully saturated rings. The van der Waals surface area contributed by atoms with E-state index in [1.807, 2.05) is 13.0 Å². The highest BCUT2D eigenvalue weighted by Gasteiger charge is 2.29. The number of piperidine rings is 1. The molecule has 0 spiro atoms. The van der Waals surface area contributed by atoms with Crippen LogP contribution in [-0.4, -0.2) is 32.4 Å². The molecule has 0 saturated carbocycles. The molecule has 146 valence electrons. The fourth-order valence-electron chi connectivity index (χ4n) is 3.61. The molecule has 0 N–H and O–H groups in total. The van der Waals surface area contributed by atoms with Gasteiger partial charge >= 0.3 is 0 Å². The van der Waals surface area contributed by atoms with E-state index >= 15 is 0 Å². The van der Waals surface area contributed by atoms with Gasteiger partial charge in [-0.1, -0.05) is 37.3 Å². The molecule has 1 aliphatic rings. The van der Waals surface area contributed by atoms with Crippen molar-refractivity contribution in [3.05, 3.63) is 59.7 Å². The number of rotatable bonds is 7. The summed E-state index contributed by atoms with van der Waals surface area (Å²) in [5.74, 6) is 1.31. The zero-order valence-corrected chi connectivity index (χ0v) is 17.0. The average molecular weight is 388 g/mol. The monoisotopic (exact) mass is 387 g/mol. The molecular weight excluding hydrogens is 358 g/mol. The van der Waals surface area contributed by atoms with Crippen molar-refractivity contribution in [3.63, 3.8) is 0 Å². The number of nitrogens with zero attached hydrogens (tertiary/aromatic N) is 1. The molecule has 1 saturated heterocycles. The molecule has 0 amide bonds. The second kappa shape index (κ2) is 8.89. The summed E-state index contributed by atoms with van der Waals surface area (Å²) in [4.78, 5) is 0.366. The third-order valence-corrected chi connectivity index (χ3v) is 7.08. The molecule has 1 heterocycles. The maximum atomic E-state index is 13.0. The number of ether oxygens (including phenoxy) is 1. The fraction of sp³-hybridized carbons (Fsp3) is 0.455. The smallest absolute Gasteiger partial charge is 0.243 e. The number of hydrogen-bond acceptors (Lipinski definition) is 3. The van der Waals surface area contributed by atoms with E-state index in [2.05, 4.69) is 31.2 Å². The standard InChI is InChI=1S/C22H29NO3S/c1-3-15-26-22-10-9-21(16-18(22)2)27(24,25)23-13-11-20(12-14-23)17-19-7-5-4-6-8-19/h4-10,16,20H,3,11-15,17H2,1-2H3. The molecule has 2 aromatic carbocycles. The van der Waals surface area contributed by atoms with Crippen LogP contribution in [0.4, 0.5) is 0 Å². The predicted octanol–water partition coefficient (Wildman–Crippen LogP) is 4.43. The lowest BCUT2D eigenvalue weighted by atomic mass is 9.91. The van der Waals surface area contributed by atoms with Crippen molar-refractivity contribution in [2.24, 2.45) is 5.92 Å². The molecular formula is C22H29NO3S. The quantitative estimate of drug-likeness (QED) is 0.706. The number of sulfonamides is 1. The first-order valence-corrected chi connectivity index (χ1v) is 11.2. The molecule has 1 aliphatic heterocycles. The van der Waals surface area contributed by atoms with E-state index in [0.29, 0.717) is 30.5 Å². The molecule has 0 unspecified atom stereocenters. The number of benzene rings is 2. The molecule has 0 atom stereocenters. The first kappa shape index (κ1) is 19.9. The minimum Gasteiger partial charge on any atom is -0.493 e. The Bertz CT molecular complexity index is 841. The lowest BCUT2D eigenvalue weighted by Gasteiger charge is -2.31. The lowest BCUT2D eigenvalue weighted by molar-refractivity contribution is 0.273. The summed E-state index contributed by atoms with van der Waals surface area (Å²) >= 11 is 0. The molecule has 0 bridgehead atoms. The van der Waals surface area contributed by atoms with E-state index in [1.54, 1.807) is 22.5 Å². The normalized spacial score (nSPS) is 16.4. The van der Waals surface area contributed by atoms with Crippen molar-refractivity contribution in [2.45, 2.75) is 44.4 Å². The third-order valence-electron chi connectivity index (χ3n) is 5.19. The van der Waals surface area contributed by atoms with Crippen molar-refractivity contribution >= 4 is 10.0 Å². The molecule has 0 aliphatic carbocycles. The zero-order chi connectivity index (χ0) is 19.3. The minimum absolute atomic E-state index is 0.366. The van der Waals surface area contributed by atoms with Crippen molar-refractivity contribution < 1.29 is 13.2 Å². The van der Waals surface area contributed by atoms with Gasteiger partial charge in [0.2, 0.25) is 10.0 Å². The van der Waals surface area contributed by atoms with Gasteiger partial charge < -0.3 is 4.74 Å². The van der Waals surface area contributed by atoms with Gasteiger partial charge in [-0.2, -0.15) is 4.31 Å². The molecule has 4 nitrogen and oxygen atoms in total. The van der Waals surface area contributed by atoms with Crippen LogP contribution in [0.1, 0.15) is 37.3 Å². The van der Waals surface area contributed by atoms with Gasteiger partial charge in [0, 0.05) is 13.1 Å². The van der Waals surface area contributed by atoms with Gasteiger partial charge in [-0.25, -0.2) is 8.42 Å². The van der Waals surface area contributed by atoms with Crippen molar-refractivity contribution in [1.82, 2.24) is 4.31 Å². The summed E-state index contributed by atoms with van der Waals surface area (Å²) in [6.45, 7) is 5.77. The summed E-state index contributed by atoms with van der Waals surface area (Å²) in [6.07, 6.45) is 3.77. The van der Waals surface area contributed by atoms with Crippen LogP contribution in [0.5, 0.6) is 5.75 Å². The van der Waals surface area contributed by atoms with Crippen LogP contribution in [0.3, 0.4) is 0 Å². The highest BCUT2D eigenvalue weighted by atomic mass is 32.2. The predicted molar refractivity (Wildman–Crippen MR) is 109 cm³/mol. The molecule has 0 radical (unpaired) electrons. The van der Waals surface area contributed by atoms with Crippen LogP contribution >= 0.6 is 0 Å². The topological polar surface area (TPSA) is 46.6 Å². The molecule has 5 heteroatoms. The third kappa shape index (κ3) is 4.90. The van der Waals surface area contributed by atoms with Gasteiger partial charge in [0.1, 0.15) is 5.75 Å². The summed E-state index contributed by atoms with van der Waals surface area (Å²) in [7, 11) is -3.44. The van der Waals surface area contributed by atoms with Crippen LogP contribution in [-0.2, 0) is 16.4 Å². The van der Waals surface area contributed by atoms with Crippen LogP contribution in [0.25, 0.3) is 0 Å². The summed E-state index contributed by atoms with van der Waals surface area (Å²) in [6, 6.07) is 15.6. The fourth-order valence-corrected chi connectivity index (χ4v) is 5.16. The minimum atomic E-state index is -3.44. The first-order valence-electron chi connectivity index (χ1n) is 9.78. The Morgan fingerprint density at radius 1 is 1.07 bits per heavy atom. The van der Waals surface area contributed by atoms with Gasteiger partial charge in [0.15, 0.2) is 0 Å². The second-order valence-electron chi connectivity index (χ2n) is 7.31. The van der Waals surface area contributed by atoms with Gasteiger partial charge in [0.05, 0.1) is 11.5 Å². The molecule has 27 heavy (non-hydrogen) atoms. The van der Waals surface area contributed by atoms with E-state index in [1.165, 1.54) is 5.56 Å². The average Bonchev–Trinajstić information content (AvgIpc) is 2.68. The van der Waals surface area contributed by atoms with Crippen molar-refractivity contribution in [3.8, 4) is 5.75 Å². The van der Waals surface area contributed by atoms with E-state index in [9.17, 15) is 8.42 Å². The number of aryl methyl sites for hydroxylation is 1. The Morgan fingerprint density at radius 2 is 1.78 bits per heavy atom. The maximum Gasteiger partial charge on any atom is 0.243 e. The first-order chi connectivity index (χ1) is 13.0. The largest absolute Gasteiger partial charge is 0.493 e. The van der Waals surface area contributed by atoms with Crippen LogP contribution in [0.2, 0.25) is 0 Å². The number of hydrogen-bond donors (Lipinski definition) is 0. The SMILES string of the molecule is CCCOc1ccc(S(=O)(=O)N2CCC(Cc3ccccc3)CC2)cc1C. The summed E-state index contributed by atoms with van der Waals surface area (Å²) in [5, 5.41) is 0. The van der Waals surface area contributed by atoms with Crippen molar-refractivity contribution in [1.29, 1.82) is 0 Å². The van der Waals surface area contributed by atoms with E-state index in [4.69, 9.17) is 4.74 Å². The van der Waals surface area contributed by atoms with Gasteiger partial charge in [-0.05, 0) is 67.9 Å². The lowest BCUT2D eigenvalue weighted by Crippen LogP contribution is -2.38. The summed E-state index contributed by atoms with van der Waals surface area (Å²) < 4.78 is 33.3. The highest BCUT2D eigenvalue weighted by Crippen LogP contribution is 2.28. The second-order valence-corrected chi connectivity index (χ2v) is 9.25. The van der Waals surface area contributed by atoms with Crippen LogP contribution in [0.15, 0.2) is 53.4 Å². The zero-order valence-electron chi connectivity index (χ0n) is 16.2. The highest BCUT2D eigenvalue weighted by molar-refractivity contribution is 7.89. The Labute approximate surface area is 163 Å². The van der Waals surface area contributed by atoms with E-state index in [-0.39, 0.29) is 0 Å². The Hall–Kier alpha value is -1.85.